The topological polar surface area (TPSA) is 154 Å². The lowest BCUT2D eigenvalue weighted by Crippen LogP contribution is -2.60. The van der Waals surface area contributed by atoms with Gasteiger partial charge in [-0.3, -0.25) is 14.4 Å². The van der Waals surface area contributed by atoms with Crippen LogP contribution < -0.4 is 20.1 Å². The van der Waals surface area contributed by atoms with Crippen molar-refractivity contribution in [3.63, 3.8) is 0 Å². The molecule has 48 heavy (non-hydrogen) atoms. The maximum absolute atomic E-state index is 14.1. The minimum absolute atomic E-state index is 0.0232. The van der Waals surface area contributed by atoms with Crippen LogP contribution in [0, 0.1) is 24.2 Å². The molecule has 2 rings (SSSR count). The monoisotopic (exact) mass is 686 g/mol. The molecule has 3 atom stereocenters. The predicted molar refractivity (Wildman–Crippen MR) is 188 cm³/mol. The number of aliphatic hydroxyl groups excluding tert-OH is 1. The number of allylic oxidation sites excluding steroid dienone is 1. The number of ether oxygens (including phenoxy) is 1. The van der Waals surface area contributed by atoms with E-state index in [4.69, 9.17) is 9.84 Å². The van der Waals surface area contributed by atoms with E-state index in [1.54, 1.807) is 51.4 Å². The minimum atomic E-state index is -4.09. The number of hydrogen-bond donors (Lipinski definition) is 4. The van der Waals surface area contributed by atoms with Crippen LogP contribution in [-0.4, -0.2) is 75.5 Å². The Bertz CT molecular complexity index is 1540. The number of hydrogen-bond acceptors (Lipinski definition) is 8. The number of rotatable bonds is 15. The Balaban J connectivity index is 2.32. The number of aliphatic hydroxyl groups is 1. The zero-order valence-electron chi connectivity index (χ0n) is 30.2. The van der Waals surface area contributed by atoms with E-state index in [-0.39, 0.29) is 35.8 Å². The molecule has 12 heteroatoms. The average molecular weight is 687 g/mol. The fraction of sp³-hybridized carbons (Fsp3) is 0.528. The molecule has 3 amide bonds. The Hall–Kier alpha value is -3.74. The summed E-state index contributed by atoms with van der Waals surface area (Å²) < 4.78 is 33.3. The van der Waals surface area contributed by atoms with Gasteiger partial charge >= 0.3 is 0 Å². The van der Waals surface area contributed by atoms with E-state index >= 15 is 0 Å². The van der Waals surface area contributed by atoms with Crippen LogP contribution in [0.15, 0.2) is 65.2 Å². The summed E-state index contributed by atoms with van der Waals surface area (Å²) in [6, 6.07) is 11.8. The highest BCUT2D eigenvalue weighted by Crippen LogP contribution is 2.30. The van der Waals surface area contributed by atoms with E-state index in [1.165, 1.54) is 17.0 Å². The molecular weight excluding hydrogens is 632 g/mol. The Morgan fingerprint density at radius 3 is 1.96 bits per heavy atom. The van der Waals surface area contributed by atoms with E-state index in [0.717, 1.165) is 11.1 Å². The van der Waals surface area contributed by atoms with Crippen LogP contribution in [0.3, 0.4) is 0 Å². The van der Waals surface area contributed by atoms with Crippen LogP contribution in [0.4, 0.5) is 0 Å². The van der Waals surface area contributed by atoms with Crippen molar-refractivity contribution in [2.75, 3.05) is 27.3 Å². The third kappa shape index (κ3) is 10.4. The van der Waals surface area contributed by atoms with E-state index in [9.17, 15) is 22.8 Å². The van der Waals surface area contributed by atoms with Crippen molar-refractivity contribution in [2.24, 2.45) is 17.3 Å². The van der Waals surface area contributed by atoms with E-state index in [0.29, 0.717) is 11.4 Å². The average Bonchev–Trinajstić information content (AvgIpc) is 3.00. The molecule has 266 valence electrons. The Labute approximate surface area is 286 Å². The molecule has 0 radical (unpaired) electrons. The molecule has 0 fully saturated rings. The molecule has 2 aromatic carbocycles. The van der Waals surface area contributed by atoms with Gasteiger partial charge in [0.15, 0.2) is 0 Å². The van der Waals surface area contributed by atoms with Gasteiger partial charge in [0.05, 0.1) is 23.5 Å². The summed E-state index contributed by atoms with van der Waals surface area (Å²) in [6.45, 7) is 16.7. The second kappa shape index (κ2) is 16.6. The molecule has 0 bridgehead atoms. The van der Waals surface area contributed by atoms with Crippen molar-refractivity contribution in [3.8, 4) is 5.75 Å². The fourth-order valence-electron chi connectivity index (χ4n) is 5.35. The molecule has 0 aromatic heterocycles. The third-order valence-electron chi connectivity index (χ3n) is 8.34. The first-order chi connectivity index (χ1) is 22.2. The summed E-state index contributed by atoms with van der Waals surface area (Å²) in [5, 5.41) is 15.1. The number of carbonyl (C=O) groups is 3. The van der Waals surface area contributed by atoms with Gasteiger partial charge in [0.2, 0.25) is 17.7 Å². The number of sulfonamides is 1. The first-order valence-electron chi connectivity index (χ1n) is 16.1. The van der Waals surface area contributed by atoms with Crippen molar-refractivity contribution in [2.45, 2.75) is 84.7 Å². The second-order valence-electron chi connectivity index (χ2n) is 14.1. The van der Waals surface area contributed by atoms with Gasteiger partial charge in [0.1, 0.15) is 18.4 Å². The molecule has 2 aromatic rings. The SMILES string of the molecule is CN[C@H](C(=O)N[C@H](C(=O)N(C)/C(=C/C(C)C(=O)NS(=O)(=O)c1ccc(C)cc1)C(C)C)C(C)(C)C)C(C)(C)c1ccc(OCCO)cc1. The molecule has 0 saturated heterocycles. The molecule has 0 heterocycles. The van der Waals surface area contributed by atoms with Gasteiger partial charge in [-0.25, -0.2) is 13.1 Å². The van der Waals surface area contributed by atoms with Crippen LogP contribution in [0.5, 0.6) is 5.75 Å². The largest absolute Gasteiger partial charge is 0.491 e. The van der Waals surface area contributed by atoms with E-state index in [2.05, 4.69) is 15.4 Å². The maximum Gasteiger partial charge on any atom is 0.264 e. The van der Waals surface area contributed by atoms with E-state index < -0.39 is 44.8 Å². The molecule has 1 unspecified atom stereocenters. The zero-order valence-corrected chi connectivity index (χ0v) is 31.0. The summed E-state index contributed by atoms with van der Waals surface area (Å²) >= 11 is 0. The van der Waals surface area contributed by atoms with Crippen LogP contribution in [-0.2, 0) is 29.8 Å². The van der Waals surface area contributed by atoms with Gasteiger partial charge in [-0.15, -0.1) is 0 Å². The highest BCUT2D eigenvalue weighted by molar-refractivity contribution is 7.90. The lowest BCUT2D eigenvalue weighted by Gasteiger charge is -2.39. The number of nitrogens with one attached hydrogen (secondary N) is 3. The van der Waals surface area contributed by atoms with Crippen molar-refractivity contribution >= 4 is 27.7 Å². The normalized spacial score (nSPS) is 14.6. The molecule has 0 aliphatic heterocycles. The Morgan fingerprint density at radius 1 is 0.917 bits per heavy atom. The molecule has 0 aliphatic rings. The van der Waals surface area contributed by atoms with Crippen LogP contribution in [0.2, 0.25) is 0 Å². The summed E-state index contributed by atoms with van der Waals surface area (Å²) in [5.41, 5.74) is 0.870. The van der Waals surface area contributed by atoms with Crippen molar-refractivity contribution < 1.29 is 32.6 Å². The molecule has 0 spiro atoms. The van der Waals surface area contributed by atoms with Crippen molar-refractivity contribution in [1.29, 1.82) is 0 Å². The molecule has 11 nitrogen and oxygen atoms in total. The molecule has 4 N–H and O–H groups in total. The zero-order chi connectivity index (χ0) is 36.6. The van der Waals surface area contributed by atoms with Gasteiger partial charge in [0.25, 0.3) is 10.0 Å². The quantitative estimate of drug-likeness (QED) is 0.220. The van der Waals surface area contributed by atoms with Gasteiger partial charge in [-0.05, 0) is 62.1 Å². The van der Waals surface area contributed by atoms with Crippen LogP contribution in [0.1, 0.15) is 66.5 Å². The van der Waals surface area contributed by atoms with E-state index in [1.807, 2.05) is 67.5 Å². The summed E-state index contributed by atoms with van der Waals surface area (Å²) in [4.78, 5) is 42.5. The maximum atomic E-state index is 14.1. The van der Waals surface area contributed by atoms with Gasteiger partial charge in [-0.1, -0.05) is 84.4 Å². The minimum Gasteiger partial charge on any atom is -0.491 e. The highest BCUT2D eigenvalue weighted by Gasteiger charge is 2.41. The number of nitrogens with zero attached hydrogens (tertiary/aromatic N) is 1. The summed E-state index contributed by atoms with van der Waals surface area (Å²) in [7, 11) is -0.807. The first-order valence-corrected chi connectivity index (χ1v) is 17.6. The van der Waals surface area contributed by atoms with Gasteiger partial charge < -0.3 is 25.4 Å². The van der Waals surface area contributed by atoms with Crippen molar-refractivity contribution in [3.05, 3.63) is 71.4 Å². The number of amides is 3. The number of carbonyl (C=O) groups excluding carboxylic acids is 3. The lowest BCUT2D eigenvalue weighted by atomic mass is 9.76. The number of benzene rings is 2. The molecule has 0 saturated carbocycles. The molecule has 0 aliphatic carbocycles. The molecular formula is C36H54N4O7S. The van der Waals surface area contributed by atoms with Crippen LogP contribution in [0.25, 0.3) is 0 Å². The number of aryl methyl sites for hydroxylation is 1. The lowest BCUT2D eigenvalue weighted by molar-refractivity contribution is -0.138. The Morgan fingerprint density at radius 2 is 1.48 bits per heavy atom. The smallest absolute Gasteiger partial charge is 0.264 e. The van der Waals surface area contributed by atoms with Gasteiger partial charge in [-0.2, -0.15) is 0 Å². The summed E-state index contributed by atoms with van der Waals surface area (Å²) in [6.07, 6.45) is 1.58. The third-order valence-corrected chi connectivity index (χ3v) is 9.70. The first kappa shape index (κ1) is 40.4. The van der Waals surface area contributed by atoms with Crippen molar-refractivity contribution in [1.82, 2.24) is 20.3 Å². The van der Waals surface area contributed by atoms with Gasteiger partial charge in [0, 0.05) is 18.2 Å². The standard InChI is InChI=1S/C36H54N4O7S/c1-23(2)29(22-25(4)32(42)39-48(45,46)28-18-12-24(3)13-19-28)40(11)34(44)31(35(5,6)7)38-33(43)30(37-10)36(8,9)26-14-16-27(17-15-26)47-21-20-41/h12-19,22-23,25,30-31,37,41H,20-21H2,1-11H3,(H,38,43)(H,39,42)/b29-22+/t25?,30-,31-/m1/s1. The van der Waals surface area contributed by atoms with Crippen LogP contribution >= 0.6 is 0 Å². The fourth-order valence-corrected chi connectivity index (χ4v) is 6.41. The highest BCUT2D eigenvalue weighted by atomic mass is 32.2. The second-order valence-corrected chi connectivity index (χ2v) is 15.7. The summed E-state index contributed by atoms with van der Waals surface area (Å²) in [5.74, 6) is -1.99. The Kier molecular flexibility index (Phi) is 14.0. The number of likely N-dealkylation sites (N-methyl/N-ethyl adjacent to an activating group) is 2. The predicted octanol–water partition coefficient (Wildman–Crippen LogP) is 3.90.